The number of esters is 1. The lowest BCUT2D eigenvalue weighted by Crippen LogP contribution is -2.44. The number of anilines is 1. The third kappa shape index (κ3) is 3.90. The van der Waals surface area contributed by atoms with E-state index in [1.54, 1.807) is 22.6 Å². The van der Waals surface area contributed by atoms with Crippen molar-refractivity contribution < 1.29 is 14.6 Å². The molecule has 0 spiro atoms. The Balaban J connectivity index is 1.48. The number of aromatic nitrogens is 2. The summed E-state index contributed by atoms with van der Waals surface area (Å²) in [5.74, 6) is 5.61. The van der Waals surface area contributed by atoms with Gasteiger partial charge in [0.05, 0.1) is 34.7 Å². The number of fused-ring (bicyclic) bond motifs is 5. The van der Waals surface area contributed by atoms with Gasteiger partial charge in [0.25, 0.3) is 5.56 Å². The van der Waals surface area contributed by atoms with E-state index in [9.17, 15) is 14.7 Å². The Morgan fingerprint density at radius 2 is 1.94 bits per heavy atom. The molecule has 0 radical (unpaired) electrons. The lowest BCUT2D eigenvalue weighted by molar-refractivity contribution is -0.172. The normalized spacial score (nSPS) is 18.2. The predicted octanol–water partition coefficient (Wildman–Crippen LogP) is 3.73. The van der Waals surface area contributed by atoms with Gasteiger partial charge in [-0.25, -0.2) is 15.6 Å². The van der Waals surface area contributed by atoms with Crippen LogP contribution in [0, 0.1) is 0 Å². The summed E-state index contributed by atoms with van der Waals surface area (Å²) in [4.78, 5) is 30.5. The molecule has 3 N–H and O–H groups in total. The van der Waals surface area contributed by atoms with E-state index in [2.05, 4.69) is 13.0 Å². The quantitative estimate of drug-likeness (QED) is 0.173. The van der Waals surface area contributed by atoms with Crippen LogP contribution in [0.2, 0.25) is 0 Å². The van der Waals surface area contributed by atoms with Gasteiger partial charge in [-0.15, -0.1) is 0 Å². The first-order valence-electron chi connectivity index (χ1n) is 12.5. The summed E-state index contributed by atoms with van der Waals surface area (Å²) in [6.45, 7) is 4.95. The first-order chi connectivity index (χ1) is 16.9. The molecule has 0 fully saturated rings. The summed E-state index contributed by atoms with van der Waals surface area (Å²) in [6.07, 6.45) is 6.06. The maximum atomic E-state index is 13.3. The van der Waals surface area contributed by atoms with Gasteiger partial charge in [-0.2, -0.15) is 0 Å². The molecule has 1 atom stereocenters. The average molecular weight is 477 g/mol. The Labute approximate surface area is 204 Å². The van der Waals surface area contributed by atoms with Crippen LogP contribution in [-0.4, -0.2) is 27.2 Å². The number of hydrogen-bond donors (Lipinski definition) is 2. The van der Waals surface area contributed by atoms with Gasteiger partial charge in [0, 0.05) is 23.1 Å². The molecule has 8 heteroatoms. The van der Waals surface area contributed by atoms with Crippen LogP contribution in [0.25, 0.3) is 22.3 Å². The number of hydrogen-bond acceptors (Lipinski definition) is 7. The van der Waals surface area contributed by atoms with Crippen LogP contribution in [0.4, 0.5) is 5.69 Å². The van der Waals surface area contributed by atoms with Crippen LogP contribution in [0.3, 0.4) is 0 Å². The molecule has 0 amide bonds. The monoisotopic (exact) mass is 476 g/mol. The minimum atomic E-state index is -1.82. The number of hydrazine groups is 1. The summed E-state index contributed by atoms with van der Waals surface area (Å²) in [5, 5.41) is 13.7. The highest BCUT2D eigenvalue weighted by Crippen LogP contribution is 2.38. The number of rotatable bonds is 8. The highest BCUT2D eigenvalue weighted by molar-refractivity contribution is 5.88. The van der Waals surface area contributed by atoms with E-state index in [4.69, 9.17) is 15.6 Å². The molecule has 0 bridgehead atoms. The van der Waals surface area contributed by atoms with E-state index in [-0.39, 0.29) is 18.6 Å². The molecule has 1 aromatic carbocycles. The van der Waals surface area contributed by atoms with Crippen LogP contribution in [0.1, 0.15) is 69.1 Å². The van der Waals surface area contributed by atoms with Crippen LogP contribution in [0.15, 0.2) is 35.1 Å². The summed E-state index contributed by atoms with van der Waals surface area (Å²) in [5.41, 5.74) is 2.55. The van der Waals surface area contributed by atoms with Crippen molar-refractivity contribution in [1.82, 2.24) is 9.55 Å². The van der Waals surface area contributed by atoms with E-state index in [0.29, 0.717) is 29.1 Å². The number of pyridine rings is 2. The zero-order chi connectivity index (χ0) is 24.7. The Morgan fingerprint density at radius 1 is 1.14 bits per heavy atom. The van der Waals surface area contributed by atoms with Gasteiger partial charge in [-0.3, -0.25) is 4.79 Å². The van der Waals surface area contributed by atoms with Crippen molar-refractivity contribution in [2.75, 3.05) is 11.6 Å². The molecule has 0 aliphatic carbocycles. The Bertz CT molecular complexity index is 1370. The second-order valence-electron chi connectivity index (χ2n) is 9.58. The standard InChI is InChI=1S/C27H32N4O4/c1-3-5-6-7-8-11-31(28)19-9-10-22-17(13-19)12-18-15-30-23(24(18)29-22)14-21-20(25(30)32)16-35-26(33)27(21,34)4-2/h9-10,12-14,34H,3-8,11,15-16,28H2,1-2H3/t27-/m0/s1. The zero-order valence-electron chi connectivity index (χ0n) is 20.3. The second-order valence-corrected chi connectivity index (χ2v) is 9.58. The maximum Gasteiger partial charge on any atom is 0.343 e. The van der Waals surface area contributed by atoms with Gasteiger partial charge >= 0.3 is 5.97 Å². The molecule has 0 saturated heterocycles. The highest BCUT2D eigenvalue weighted by Gasteiger charge is 2.45. The summed E-state index contributed by atoms with van der Waals surface area (Å²) < 4.78 is 6.79. The van der Waals surface area contributed by atoms with E-state index in [1.165, 1.54) is 25.7 Å². The fraction of sp³-hybridized carbons (Fsp3) is 0.444. The van der Waals surface area contributed by atoms with E-state index >= 15 is 0 Å². The molecule has 2 aromatic heterocycles. The van der Waals surface area contributed by atoms with Crippen LogP contribution < -0.4 is 16.4 Å². The highest BCUT2D eigenvalue weighted by atomic mass is 16.6. The molecule has 184 valence electrons. The van der Waals surface area contributed by atoms with Gasteiger partial charge < -0.3 is 19.4 Å². The lowest BCUT2D eigenvalue weighted by Gasteiger charge is -2.31. The van der Waals surface area contributed by atoms with Gasteiger partial charge in [0.2, 0.25) is 0 Å². The fourth-order valence-corrected chi connectivity index (χ4v) is 5.17. The number of cyclic esters (lactones) is 1. The molecule has 2 aliphatic rings. The first-order valence-corrected chi connectivity index (χ1v) is 12.5. The van der Waals surface area contributed by atoms with E-state index in [1.807, 2.05) is 18.2 Å². The summed E-state index contributed by atoms with van der Waals surface area (Å²) in [7, 11) is 0. The van der Waals surface area contributed by atoms with Crippen molar-refractivity contribution in [1.29, 1.82) is 0 Å². The molecule has 2 aliphatic heterocycles. The molecular weight excluding hydrogens is 444 g/mol. The molecule has 5 rings (SSSR count). The molecule has 0 unspecified atom stereocenters. The minimum Gasteiger partial charge on any atom is -0.458 e. The van der Waals surface area contributed by atoms with Crippen molar-refractivity contribution in [3.8, 4) is 11.4 Å². The topological polar surface area (TPSA) is 111 Å². The maximum absolute atomic E-state index is 13.3. The van der Waals surface area contributed by atoms with Crippen LogP contribution in [0.5, 0.6) is 0 Å². The average Bonchev–Trinajstić information content (AvgIpc) is 3.22. The van der Waals surface area contributed by atoms with Gasteiger partial charge in [-0.1, -0.05) is 39.5 Å². The number of ether oxygens (including phenoxy) is 1. The van der Waals surface area contributed by atoms with Crippen molar-refractivity contribution in [3.05, 3.63) is 57.4 Å². The predicted molar refractivity (Wildman–Crippen MR) is 135 cm³/mol. The molecule has 35 heavy (non-hydrogen) atoms. The molecule has 8 nitrogen and oxygen atoms in total. The SMILES string of the molecule is CCCCCCCN(N)c1ccc2nc3c(cc2c1)Cn1c-3cc2c(c1=O)COC(=O)[C@]2(O)CC. The van der Waals surface area contributed by atoms with E-state index < -0.39 is 11.6 Å². The van der Waals surface area contributed by atoms with Crippen LogP contribution >= 0.6 is 0 Å². The number of nitrogens with zero attached hydrogens (tertiary/aromatic N) is 3. The zero-order valence-corrected chi connectivity index (χ0v) is 20.3. The smallest absolute Gasteiger partial charge is 0.343 e. The van der Waals surface area contributed by atoms with Crippen LogP contribution in [-0.2, 0) is 28.3 Å². The second kappa shape index (κ2) is 9.09. The van der Waals surface area contributed by atoms with Crippen molar-refractivity contribution >= 4 is 22.6 Å². The largest absolute Gasteiger partial charge is 0.458 e. The Morgan fingerprint density at radius 3 is 2.71 bits per heavy atom. The minimum absolute atomic E-state index is 0.122. The third-order valence-corrected chi connectivity index (χ3v) is 7.33. The first kappa shape index (κ1) is 23.5. The summed E-state index contributed by atoms with van der Waals surface area (Å²) in [6, 6.07) is 9.73. The number of aliphatic hydroxyl groups is 1. The van der Waals surface area contributed by atoms with Crippen molar-refractivity contribution in [2.45, 2.75) is 71.1 Å². The Kier molecular flexibility index (Phi) is 6.11. The molecule has 0 saturated carbocycles. The fourth-order valence-electron chi connectivity index (χ4n) is 5.17. The lowest BCUT2D eigenvalue weighted by atomic mass is 9.86. The number of unbranched alkanes of at least 4 members (excludes halogenated alkanes) is 4. The number of carbonyl (C=O) groups excluding carboxylic acids is 1. The number of nitrogens with two attached hydrogens (primary N) is 1. The van der Waals surface area contributed by atoms with Crippen molar-refractivity contribution in [2.24, 2.45) is 5.84 Å². The third-order valence-electron chi connectivity index (χ3n) is 7.33. The van der Waals surface area contributed by atoms with Gasteiger partial charge in [-0.05, 0) is 43.2 Å². The van der Waals surface area contributed by atoms with Gasteiger partial charge in [0.1, 0.15) is 6.61 Å². The summed E-state index contributed by atoms with van der Waals surface area (Å²) >= 11 is 0. The molecule has 4 heterocycles. The molecule has 3 aromatic rings. The Hall–Kier alpha value is -3.23. The van der Waals surface area contributed by atoms with E-state index in [0.717, 1.165) is 35.1 Å². The van der Waals surface area contributed by atoms with Gasteiger partial charge in [0.15, 0.2) is 5.60 Å². The molecular formula is C27H32N4O4. The van der Waals surface area contributed by atoms with Crippen molar-refractivity contribution in [3.63, 3.8) is 0 Å². The number of carbonyl (C=O) groups is 1. The number of benzene rings is 1.